The molecule has 0 saturated carbocycles. The molecule has 0 aliphatic heterocycles. The Balaban J connectivity index is 3.17. The molecule has 0 saturated heterocycles. The number of rotatable bonds is 5. The third-order valence-electron chi connectivity index (χ3n) is 2.40. The summed E-state index contributed by atoms with van der Waals surface area (Å²) in [6, 6.07) is 1.98. The van der Waals surface area contributed by atoms with Crippen LogP contribution in [0, 0.1) is 5.21 Å². The lowest BCUT2D eigenvalue weighted by Crippen LogP contribution is -2.21. The average molecular weight is 307 g/mol. The smallest absolute Gasteiger partial charge is 0.324 e. The van der Waals surface area contributed by atoms with Gasteiger partial charge >= 0.3 is 5.97 Å². The molecule has 1 rings (SSSR count). The molecule has 10 heteroatoms. The van der Waals surface area contributed by atoms with E-state index in [2.05, 4.69) is 4.74 Å². The van der Waals surface area contributed by atoms with E-state index in [1.54, 1.807) is 0 Å². The Morgan fingerprint density at radius 3 is 2.40 bits per heavy atom. The van der Waals surface area contributed by atoms with E-state index in [0.29, 0.717) is 0 Å². The minimum absolute atomic E-state index is 0.142. The SMILES string of the molecule is COC(=O)C(Cl)Cc1cc(N([O-])O)c([O-])c(N(O)O)c1. The van der Waals surface area contributed by atoms with Crippen LogP contribution in [-0.4, -0.2) is 34.1 Å². The molecule has 3 N–H and O–H groups in total. The van der Waals surface area contributed by atoms with Gasteiger partial charge in [0.2, 0.25) is 0 Å². The predicted octanol–water partition coefficient (Wildman–Crippen LogP) is 0.361. The van der Waals surface area contributed by atoms with Crippen molar-refractivity contribution in [3.8, 4) is 5.75 Å². The molecule has 20 heavy (non-hydrogen) atoms. The minimum atomic E-state index is -1.11. The largest absolute Gasteiger partial charge is 0.870 e. The summed E-state index contributed by atoms with van der Waals surface area (Å²) in [6.07, 6.45) is -0.157. The van der Waals surface area contributed by atoms with Gasteiger partial charge in [0.25, 0.3) is 0 Å². The van der Waals surface area contributed by atoms with E-state index in [1.165, 1.54) is 0 Å². The van der Waals surface area contributed by atoms with Crippen molar-refractivity contribution in [3.05, 3.63) is 22.9 Å². The first-order valence-electron chi connectivity index (χ1n) is 5.17. The number of methoxy groups -OCH3 is 1. The standard InChI is InChI=1S/C10H12ClN2O7/c1-20-10(15)6(11)2-5-3-7(12(16)17)9(14)8(4-5)13(18)19/h3-4,6,14,16-18H,2H2,1H3/q-1/p-1. The summed E-state index contributed by atoms with van der Waals surface area (Å²) in [7, 11) is 1.13. The highest BCUT2D eigenvalue weighted by molar-refractivity contribution is 6.30. The maximum atomic E-state index is 11.6. The van der Waals surface area contributed by atoms with E-state index >= 15 is 0 Å². The lowest BCUT2D eigenvalue weighted by atomic mass is 10.1. The summed E-state index contributed by atoms with van der Waals surface area (Å²) in [6.45, 7) is 0. The number of ether oxygens (including phenoxy) is 1. The number of halogens is 1. The van der Waals surface area contributed by atoms with Crippen molar-refractivity contribution in [3.63, 3.8) is 0 Å². The Bertz CT molecular complexity index is 465. The van der Waals surface area contributed by atoms with Gasteiger partial charge in [-0.05, 0) is 24.1 Å². The Kier molecular flexibility index (Phi) is 5.36. The molecule has 1 atom stereocenters. The number of anilines is 2. The van der Waals surface area contributed by atoms with Crippen molar-refractivity contribution in [2.24, 2.45) is 0 Å². The van der Waals surface area contributed by atoms with Gasteiger partial charge in [0.1, 0.15) is 5.38 Å². The number of esters is 1. The van der Waals surface area contributed by atoms with E-state index in [1.807, 2.05) is 0 Å². The second-order valence-electron chi connectivity index (χ2n) is 3.72. The monoisotopic (exact) mass is 306 g/mol. The fraction of sp³-hybridized carbons (Fsp3) is 0.300. The van der Waals surface area contributed by atoms with Gasteiger partial charge in [-0.25, -0.2) is 0 Å². The van der Waals surface area contributed by atoms with Crippen LogP contribution >= 0.6 is 11.6 Å². The van der Waals surface area contributed by atoms with Gasteiger partial charge in [-0.1, -0.05) is 5.75 Å². The van der Waals surface area contributed by atoms with Gasteiger partial charge in [-0.15, -0.1) is 16.8 Å². The van der Waals surface area contributed by atoms with Crippen LogP contribution in [0.4, 0.5) is 11.4 Å². The molecule has 0 spiro atoms. The zero-order chi connectivity index (χ0) is 15.4. The molecule has 1 unspecified atom stereocenters. The number of hydrogen-bond acceptors (Lipinski definition) is 9. The molecule has 0 aliphatic rings. The minimum Gasteiger partial charge on any atom is -0.870 e. The second kappa shape index (κ2) is 6.59. The lowest BCUT2D eigenvalue weighted by Gasteiger charge is -2.30. The van der Waals surface area contributed by atoms with Crippen LogP contribution in [0.15, 0.2) is 12.1 Å². The fourth-order valence-corrected chi connectivity index (χ4v) is 1.75. The summed E-state index contributed by atoms with van der Waals surface area (Å²) < 4.78 is 4.40. The Labute approximate surface area is 118 Å². The summed E-state index contributed by atoms with van der Waals surface area (Å²) in [5.74, 6) is -1.85. The third-order valence-corrected chi connectivity index (χ3v) is 2.74. The van der Waals surface area contributed by atoms with E-state index in [-0.39, 0.29) is 12.0 Å². The molecule has 1 aromatic carbocycles. The Morgan fingerprint density at radius 2 is 1.95 bits per heavy atom. The molecule has 0 fully saturated rings. The molecule has 0 aromatic heterocycles. The third kappa shape index (κ3) is 3.62. The predicted molar refractivity (Wildman–Crippen MR) is 64.9 cm³/mol. The van der Waals surface area contributed by atoms with Crippen molar-refractivity contribution >= 4 is 28.9 Å². The second-order valence-corrected chi connectivity index (χ2v) is 4.25. The molecule has 0 bridgehead atoms. The number of nitrogens with zero attached hydrogens (tertiary/aromatic N) is 2. The van der Waals surface area contributed by atoms with Crippen molar-refractivity contribution < 1.29 is 30.3 Å². The quantitative estimate of drug-likeness (QED) is 0.399. The first kappa shape index (κ1) is 16.3. The van der Waals surface area contributed by atoms with Gasteiger partial charge in [0, 0.05) is 5.69 Å². The number of carbonyl (C=O) groups is 1. The Hall–Kier alpha value is -1.78. The summed E-state index contributed by atoms with van der Waals surface area (Å²) >= 11 is 5.72. The van der Waals surface area contributed by atoms with Crippen molar-refractivity contribution in [1.82, 2.24) is 0 Å². The molecule has 0 heterocycles. The number of benzene rings is 1. The molecule has 0 aliphatic carbocycles. The van der Waals surface area contributed by atoms with Gasteiger partial charge in [0.05, 0.1) is 12.8 Å². The number of alkyl halides is 1. The van der Waals surface area contributed by atoms with Crippen molar-refractivity contribution in [2.75, 3.05) is 17.6 Å². The zero-order valence-corrected chi connectivity index (χ0v) is 10.9. The van der Waals surface area contributed by atoms with E-state index < -0.39 is 38.9 Å². The van der Waals surface area contributed by atoms with Crippen molar-refractivity contribution in [2.45, 2.75) is 11.8 Å². The first-order valence-corrected chi connectivity index (χ1v) is 5.61. The van der Waals surface area contributed by atoms with Crippen LogP contribution in [-0.2, 0) is 16.0 Å². The van der Waals surface area contributed by atoms with Crippen LogP contribution < -0.4 is 15.6 Å². The normalized spacial score (nSPS) is 11.9. The van der Waals surface area contributed by atoms with Crippen LogP contribution in [0.2, 0.25) is 0 Å². The number of hydrogen-bond donors (Lipinski definition) is 3. The molecule has 1 aromatic rings. The molecule has 112 valence electrons. The maximum absolute atomic E-state index is 11.6. The van der Waals surface area contributed by atoms with Gasteiger partial charge < -0.3 is 20.3 Å². The molecular formula is C10H11ClN2O7-2. The average Bonchev–Trinajstić information content (AvgIpc) is 2.38. The highest BCUT2D eigenvalue weighted by atomic mass is 35.5. The summed E-state index contributed by atoms with van der Waals surface area (Å²) in [4.78, 5) is 11.2. The van der Waals surface area contributed by atoms with Crippen LogP contribution in [0.1, 0.15) is 5.56 Å². The van der Waals surface area contributed by atoms with Gasteiger partial charge in [0.15, 0.2) is 0 Å². The topological polar surface area (TPSA) is 140 Å². The lowest BCUT2D eigenvalue weighted by molar-refractivity contribution is -0.267. The molecule has 0 amide bonds. The van der Waals surface area contributed by atoms with E-state index in [4.69, 9.17) is 27.2 Å². The van der Waals surface area contributed by atoms with Crippen LogP contribution in [0.3, 0.4) is 0 Å². The molecule has 0 radical (unpaired) electrons. The molecular weight excluding hydrogens is 296 g/mol. The van der Waals surface area contributed by atoms with Crippen LogP contribution in [0.25, 0.3) is 0 Å². The van der Waals surface area contributed by atoms with E-state index in [9.17, 15) is 15.1 Å². The van der Waals surface area contributed by atoms with Crippen LogP contribution in [0.5, 0.6) is 5.75 Å². The van der Waals surface area contributed by atoms with Gasteiger partial charge in [-0.2, -0.15) is 0 Å². The summed E-state index contributed by atoms with van der Waals surface area (Å²) in [5.41, 5.74) is -1.29. The highest BCUT2D eigenvalue weighted by Gasteiger charge is 2.18. The van der Waals surface area contributed by atoms with Gasteiger partial charge in [-0.3, -0.25) is 20.4 Å². The van der Waals surface area contributed by atoms with E-state index in [0.717, 1.165) is 19.2 Å². The maximum Gasteiger partial charge on any atom is 0.324 e. The van der Waals surface area contributed by atoms with Crippen molar-refractivity contribution in [1.29, 1.82) is 0 Å². The number of carbonyl (C=O) groups excluding carboxylic acids is 1. The fourth-order valence-electron chi connectivity index (χ4n) is 1.48. The Morgan fingerprint density at radius 1 is 1.40 bits per heavy atom. The summed E-state index contributed by atoms with van der Waals surface area (Å²) in [5, 5.41) is 46.7. The zero-order valence-electron chi connectivity index (χ0n) is 10.2. The highest BCUT2D eigenvalue weighted by Crippen LogP contribution is 2.35. The first-order chi connectivity index (χ1) is 9.27. The molecule has 9 nitrogen and oxygen atoms in total.